The number of hydrogen-bond donors (Lipinski definition) is 1. The van der Waals surface area contributed by atoms with Gasteiger partial charge >= 0.3 is 11.6 Å². The first-order valence-corrected chi connectivity index (χ1v) is 6.37. The van der Waals surface area contributed by atoms with E-state index >= 15 is 0 Å². The van der Waals surface area contributed by atoms with Crippen LogP contribution in [0, 0.1) is 24.0 Å². The fraction of sp³-hybridized carbons (Fsp3) is 0.417. The Hall–Kier alpha value is -2.71. The molecule has 0 aliphatic carbocycles. The Morgan fingerprint density at radius 3 is 2.67 bits per heavy atom. The second-order valence-corrected chi connectivity index (χ2v) is 4.42. The molecule has 0 spiro atoms. The quantitative estimate of drug-likeness (QED) is 0.662. The van der Waals surface area contributed by atoms with Gasteiger partial charge in [-0.2, -0.15) is 10.1 Å². The lowest BCUT2D eigenvalue weighted by Crippen LogP contribution is -2.08. The molecule has 2 aromatic heterocycles. The third kappa shape index (κ3) is 3.07. The zero-order valence-corrected chi connectivity index (χ0v) is 12.2. The van der Waals surface area contributed by atoms with Gasteiger partial charge in [-0.25, -0.2) is 9.67 Å². The molecule has 0 fully saturated rings. The predicted molar refractivity (Wildman–Crippen MR) is 75.6 cm³/mol. The summed E-state index contributed by atoms with van der Waals surface area (Å²) in [5, 5.41) is 18.2. The van der Waals surface area contributed by atoms with Crippen LogP contribution in [0.3, 0.4) is 0 Å². The van der Waals surface area contributed by atoms with Crippen LogP contribution in [0.15, 0.2) is 6.07 Å². The third-order valence-electron chi connectivity index (χ3n) is 2.70. The number of aromatic nitrogens is 4. The van der Waals surface area contributed by atoms with Crippen LogP contribution in [0.1, 0.15) is 18.3 Å². The first kappa shape index (κ1) is 14.7. The fourth-order valence-electron chi connectivity index (χ4n) is 1.84. The average Bonchev–Trinajstić information content (AvgIpc) is 2.67. The Morgan fingerprint density at radius 1 is 1.43 bits per heavy atom. The van der Waals surface area contributed by atoms with Crippen molar-refractivity contribution in [3.05, 3.63) is 27.6 Å². The van der Waals surface area contributed by atoms with Crippen molar-refractivity contribution in [1.82, 2.24) is 19.7 Å². The van der Waals surface area contributed by atoms with E-state index in [1.54, 1.807) is 27.0 Å². The summed E-state index contributed by atoms with van der Waals surface area (Å²) in [5.41, 5.74) is 0.725. The zero-order valence-electron chi connectivity index (χ0n) is 12.2. The van der Waals surface area contributed by atoms with Crippen LogP contribution in [0.5, 0.6) is 11.8 Å². The SMILES string of the molecule is CCNc1nc(C)c([N+](=O)[O-])c(Oc2cc(C)nn2C)n1. The van der Waals surface area contributed by atoms with E-state index in [0.717, 1.165) is 5.69 Å². The molecular formula is C12H16N6O3. The maximum atomic E-state index is 11.2. The molecule has 9 nitrogen and oxygen atoms in total. The summed E-state index contributed by atoms with van der Waals surface area (Å²) in [7, 11) is 1.69. The predicted octanol–water partition coefficient (Wildman–Crippen LogP) is 1.96. The van der Waals surface area contributed by atoms with Crippen LogP contribution < -0.4 is 10.1 Å². The summed E-state index contributed by atoms with van der Waals surface area (Å²) in [6.45, 7) is 5.82. The van der Waals surface area contributed by atoms with Crippen molar-refractivity contribution in [2.45, 2.75) is 20.8 Å². The van der Waals surface area contributed by atoms with Gasteiger partial charge in [0.05, 0.1) is 10.6 Å². The van der Waals surface area contributed by atoms with Crippen molar-refractivity contribution < 1.29 is 9.66 Å². The number of aryl methyl sites for hydroxylation is 3. The minimum atomic E-state index is -0.552. The largest absolute Gasteiger partial charge is 0.415 e. The Labute approximate surface area is 121 Å². The van der Waals surface area contributed by atoms with E-state index in [2.05, 4.69) is 20.4 Å². The Kier molecular flexibility index (Phi) is 4.01. The van der Waals surface area contributed by atoms with E-state index < -0.39 is 4.92 Å². The summed E-state index contributed by atoms with van der Waals surface area (Å²) in [4.78, 5) is 18.8. The van der Waals surface area contributed by atoms with Crippen LogP contribution >= 0.6 is 0 Å². The highest BCUT2D eigenvalue weighted by Crippen LogP contribution is 2.32. The molecule has 1 N–H and O–H groups in total. The molecule has 0 aromatic carbocycles. The highest BCUT2D eigenvalue weighted by atomic mass is 16.6. The first-order chi connectivity index (χ1) is 9.92. The molecule has 0 amide bonds. The van der Waals surface area contributed by atoms with Gasteiger partial charge in [-0.15, -0.1) is 0 Å². The maximum absolute atomic E-state index is 11.2. The van der Waals surface area contributed by atoms with Crippen LogP contribution in [0.4, 0.5) is 11.6 Å². The maximum Gasteiger partial charge on any atom is 0.352 e. The van der Waals surface area contributed by atoms with Crippen LogP contribution in [-0.4, -0.2) is 31.2 Å². The van der Waals surface area contributed by atoms with E-state index in [1.807, 2.05) is 6.92 Å². The molecule has 0 radical (unpaired) electrons. The van der Waals surface area contributed by atoms with Crippen LogP contribution in [0.2, 0.25) is 0 Å². The lowest BCUT2D eigenvalue weighted by molar-refractivity contribution is -0.386. The van der Waals surface area contributed by atoms with Crippen LogP contribution in [0.25, 0.3) is 0 Å². The number of rotatable bonds is 5. The number of nitrogens with one attached hydrogen (secondary N) is 1. The summed E-state index contributed by atoms with van der Waals surface area (Å²) in [6, 6.07) is 1.67. The Morgan fingerprint density at radius 2 is 2.14 bits per heavy atom. The van der Waals surface area contributed by atoms with E-state index in [4.69, 9.17) is 4.74 Å². The molecule has 0 aliphatic rings. The first-order valence-electron chi connectivity index (χ1n) is 6.37. The number of hydrogen-bond acceptors (Lipinski definition) is 7. The molecule has 9 heteroatoms. The molecule has 0 atom stereocenters. The highest BCUT2D eigenvalue weighted by molar-refractivity contribution is 5.50. The van der Waals surface area contributed by atoms with E-state index in [9.17, 15) is 10.1 Å². The second-order valence-electron chi connectivity index (χ2n) is 4.42. The highest BCUT2D eigenvalue weighted by Gasteiger charge is 2.25. The van der Waals surface area contributed by atoms with Gasteiger partial charge < -0.3 is 10.1 Å². The molecule has 0 aliphatic heterocycles. The molecular weight excluding hydrogens is 276 g/mol. The van der Waals surface area contributed by atoms with Gasteiger partial charge in [-0.1, -0.05) is 0 Å². The van der Waals surface area contributed by atoms with E-state index in [-0.39, 0.29) is 23.2 Å². The van der Waals surface area contributed by atoms with Crippen molar-refractivity contribution in [2.24, 2.45) is 7.05 Å². The molecule has 0 unspecified atom stereocenters. The lowest BCUT2D eigenvalue weighted by atomic mass is 10.3. The van der Waals surface area contributed by atoms with Crippen molar-refractivity contribution >= 4 is 11.6 Å². The van der Waals surface area contributed by atoms with Gasteiger partial charge in [0.1, 0.15) is 5.69 Å². The smallest absolute Gasteiger partial charge is 0.352 e. The van der Waals surface area contributed by atoms with Gasteiger partial charge in [0, 0.05) is 19.7 Å². The van der Waals surface area contributed by atoms with Crippen molar-refractivity contribution in [3.63, 3.8) is 0 Å². The van der Waals surface area contributed by atoms with Gasteiger partial charge in [-0.3, -0.25) is 10.1 Å². The topological polar surface area (TPSA) is 108 Å². The summed E-state index contributed by atoms with van der Waals surface area (Å²) < 4.78 is 7.05. The lowest BCUT2D eigenvalue weighted by Gasteiger charge is -2.09. The summed E-state index contributed by atoms with van der Waals surface area (Å²) in [6.07, 6.45) is 0. The third-order valence-corrected chi connectivity index (χ3v) is 2.70. The monoisotopic (exact) mass is 292 g/mol. The molecule has 21 heavy (non-hydrogen) atoms. The Balaban J connectivity index is 2.48. The average molecular weight is 292 g/mol. The molecule has 112 valence electrons. The fourth-order valence-corrected chi connectivity index (χ4v) is 1.84. The number of nitrogens with zero attached hydrogens (tertiary/aromatic N) is 5. The second kappa shape index (κ2) is 5.73. The zero-order chi connectivity index (χ0) is 15.6. The van der Waals surface area contributed by atoms with Crippen molar-refractivity contribution in [3.8, 4) is 11.8 Å². The molecule has 0 bridgehead atoms. The number of anilines is 1. The van der Waals surface area contributed by atoms with Crippen LogP contribution in [-0.2, 0) is 7.05 Å². The van der Waals surface area contributed by atoms with Gasteiger partial charge in [0.15, 0.2) is 0 Å². The van der Waals surface area contributed by atoms with E-state index in [1.165, 1.54) is 4.68 Å². The minimum Gasteiger partial charge on any atom is -0.415 e. The number of ether oxygens (including phenoxy) is 1. The van der Waals surface area contributed by atoms with Gasteiger partial charge in [0.2, 0.25) is 11.8 Å². The normalized spacial score (nSPS) is 10.5. The summed E-state index contributed by atoms with van der Waals surface area (Å²) >= 11 is 0. The molecule has 2 aromatic rings. The van der Waals surface area contributed by atoms with E-state index in [0.29, 0.717) is 12.4 Å². The van der Waals surface area contributed by atoms with Gasteiger partial charge in [-0.05, 0) is 20.8 Å². The minimum absolute atomic E-state index is 0.105. The summed E-state index contributed by atoms with van der Waals surface area (Å²) in [5.74, 6) is 0.553. The molecule has 0 saturated carbocycles. The Bertz CT molecular complexity index is 682. The molecule has 2 rings (SSSR count). The van der Waals surface area contributed by atoms with Crippen molar-refractivity contribution in [2.75, 3.05) is 11.9 Å². The standard InChI is InChI=1S/C12H16N6O3/c1-5-13-12-14-8(3)10(18(19)20)11(15-12)21-9-6-7(2)16-17(9)4/h6H,5H2,1-4H3,(H,13,14,15). The van der Waals surface area contributed by atoms with Gasteiger partial charge in [0.25, 0.3) is 0 Å². The molecule has 0 saturated heterocycles. The molecule has 2 heterocycles. The number of nitro groups is 1. The van der Waals surface area contributed by atoms with Crippen molar-refractivity contribution in [1.29, 1.82) is 0 Å².